The second-order valence-electron chi connectivity index (χ2n) is 7.05. The molecule has 0 fully saturated rings. The average molecular weight is 504 g/mol. The van der Waals surface area contributed by atoms with Gasteiger partial charge in [-0.2, -0.15) is 0 Å². The number of hydrogen-bond donors (Lipinski definition) is 3. The second-order valence-corrected chi connectivity index (χ2v) is 10.6. The maximum atomic E-state index is 13.9. The third-order valence-corrected chi connectivity index (χ3v) is 6.56. The monoisotopic (exact) mass is 503 g/mol. The highest BCUT2D eigenvalue weighted by Crippen LogP contribution is 2.30. The summed E-state index contributed by atoms with van der Waals surface area (Å²) in [7, 11) is -7.41. The molecule has 0 spiro atoms. The van der Waals surface area contributed by atoms with Gasteiger partial charge in [-0.3, -0.25) is 0 Å². The minimum Gasteiger partial charge on any atom is -0.367 e. The van der Waals surface area contributed by atoms with Crippen LogP contribution < -0.4 is 15.8 Å². The number of halogens is 3. The lowest BCUT2D eigenvalue weighted by atomic mass is 10.2. The number of nitrogens with two attached hydrogens (primary N) is 1. The summed E-state index contributed by atoms with van der Waals surface area (Å²) in [5, 5.41) is 10.3. The fourth-order valence-electron chi connectivity index (χ4n) is 2.96. The molecule has 0 bridgehead atoms. The summed E-state index contributed by atoms with van der Waals surface area (Å²) in [5.41, 5.74) is 0.646. The van der Waals surface area contributed by atoms with Crippen LogP contribution in [0.5, 0.6) is 0 Å². The minimum atomic E-state index is -4.83. The van der Waals surface area contributed by atoms with Crippen molar-refractivity contribution < 1.29 is 30.0 Å². The van der Waals surface area contributed by atoms with Crippen LogP contribution in [0.1, 0.15) is 5.56 Å². The Balaban J connectivity index is 1.79. The van der Waals surface area contributed by atoms with Crippen molar-refractivity contribution in [3.63, 3.8) is 0 Å². The SMILES string of the molecule is CS(=O)(=O)c1cccc(CNC2=CC=NC(Nc3ccc(S(N)(=O)=O)cc3)N2C(F)(F)F)c1. The molecular formula is C19H20F3N5O4S2. The molecule has 2 aromatic carbocycles. The van der Waals surface area contributed by atoms with Gasteiger partial charge in [0.05, 0.1) is 9.79 Å². The number of alkyl halides is 3. The molecule has 0 saturated carbocycles. The lowest BCUT2D eigenvalue weighted by Gasteiger charge is -2.36. The Labute approximate surface area is 188 Å². The molecule has 4 N–H and O–H groups in total. The summed E-state index contributed by atoms with van der Waals surface area (Å²) in [4.78, 5) is 3.75. The smallest absolute Gasteiger partial charge is 0.367 e. The summed E-state index contributed by atoms with van der Waals surface area (Å²) in [6.07, 6.45) is -3.05. The third-order valence-electron chi connectivity index (χ3n) is 4.52. The molecule has 0 aliphatic carbocycles. The zero-order valence-corrected chi connectivity index (χ0v) is 18.7. The third kappa shape index (κ3) is 6.24. The number of hydrogen-bond acceptors (Lipinski definition) is 8. The summed E-state index contributed by atoms with van der Waals surface area (Å²) in [6.45, 7) is -0.0780. The highest BCUT2D eigenvalue weighted by Gasteiger charge is 2.44. The quantitative estimate of drug-likeness (QED) is 0.492. The summed E-state index contributed by atoms with van der Waals surface area (Å²) in [5.74, 6) is -0.319. The van der Waals surface area contributed by atoms with Crippen molar-refractivity contribution in [3.05, 3.63) is 66.0 Å². The molecule has 1 atom stereocenters. The van der Waals surface area contributed by atoms with E-state index in [0.29, 0.717) is 5.56 Å². The standard InChI is InChI=1S/C19H20F3N5O4S2/c1-32(28,29)16-4-2-3-13(11-16)12-25-17-9-10-24-18(27(17)19(20,21)22)26-14-5-7-15(8-6-14)33(23,30)31/h2-11,18,25-26H,12H2,1H3,(H2,23,30,31). The van der Waals surface area contributed by atoms with E-state index in [-0.39, 0.29) is 32.7 Å². The maximum absolute atomic E-state index is 13.9. The summed E-state index contributed by atoms with van der Waals surface area (Å²) in [6, 6.07) is 10.7. The van der Waals surface area contributed by atoms with E-state index in [9.17, 15) is 30.0 Å². The largest absolute Gasteiger partial charge is 0.489 e. The van der Waals surface area contributed by atoms with Crippen molar-refractivity contribution in [2.45, 2.75) is 28.9 Å². The van der Waals surface area contributed by atoms with Gasteiger partial charge >= 0.3 is 6.30 Å². The molecule has 0 amide bonds. The number of primary sulfonamides is 1. The Morgan fingerprint density at radius 1 is 1.06 bits per heavy atom. The Morgan fingerprint density at radius 3 is 2.30 bits per heavy atom. The van der Waals surface area contributed by atoms with Crippen molar-refractivity contribution in [1.29, 1.82) is 0 Å². The second kappa shape index (κ2) is 9.03. The Morgan fingerprint density at radius 2 is 1.73 bits per heavy atom. The molecule has 0 saturated heterocycles. The van der Waals surface area contributed by atoms with Crippen molar-refractivity contribution in [3.8, 4) is 0 Å². The van der Waals surface area contributed by atoms with Gasteiger partial charge in [0, 0.05) is 24.7 Å². The number of aliphatic imine (C=N–C) groups is 1. The molecule has 2 aromatic rings. The van der Waals surface area contributed by atoms with E-state index >= 15 is 0 Å². The number of nitrogens with zero attached hydrogens (tertiary/aromatic N) is 2. The van der Waals surface area contributed by atoms with Crippen molar-refractivity contribution in [2.75, 3.05) is 11.6 Å². The van der Waals surface area contributed by atoms with E-state index in [2.05, 4.69) is 15.6 Å². The maximum Gasteiger partial charge on any atom is 0.489 e. The average Bonchev–Trinajstić information content (AvgIpc) is 2.71. The van der Waals surface area contributed by atoms with Crippen LogP contribution in [0.3, 0.4) is 0 Å². The van der Waals surface area contributed by atoms with E-state index in [4.69, 9.17) is 5.14 Å². The number of nitrogens with one attached hydrogen (secondary N) is 2. The van der Waals surface area contributed by atoms with E-state index in [1.165, 1.54) is 36.5 Å². The van der Waals surface area contributed by atoms with Crippen molar-refractivity contribution in [2.24, 2.45) is 10.1 Å². The summed E-state index contributed by atoms with van der Waals surface area (Å²) < 4.78 is 87.7. The van der Waals surface area contributed by atoms with E-state index < -0.39 is 32.5 Å². The first-order valence-corrected chi connectivity index (χ1v) is 12.7. The van der Waals surface area contributed by atoms with Gasteiger partial charge in [0.2, 0.25) is 16.3 Å². The topological polar surface area (TPSA) is 134 Å². The number of rotatable bonds is 7. The molecule has 1 aliphatic rings. The van der Waals surface area contributed by atoms with Crippen LogP contribution in [0.4, 0.5) is 18.9 Å². The van der Waals surface area contributed by atoms with Gasteiger partial charge in [0.25, 0.3) is 0 Å². The van der Waals surface area contributed by atoms with Gasteiger partial charge in [0.15, 0.2) is 9.84 Å². The highest BCUT2D eigenvalue weighted by molar-refractivity contribution is 7.90. The van der Waals surface area contributed by atoms with Gasteiger partial charge in [0.1, 0.15) is 5.82 Å². The molecule has 33 heavy (non-hydrogen) atoms. The molecule has 3 rings (SSSR count). The molecule has 0 aromatic heterocycles. The van der Waals surface area contributed by atoms with E-state index in [0.717, 1.165) is 24.5 Å². The van der Waals surface area contributed by atoms with Gasteiger partial charge in [-0.15, -0.1) is 13.2 Å². The zero-order valence-electron chi connectivity index (χ0n) is 17.1. The highest BCUT2D eigenvalue weighted by atomic mass is 32.2. The predicted octanol–water partition coefficient (Wildman–Crippen LogP) is 1.97. The van der Waals surface area contributed by atoms with Crippen LogP contribution >= 0.6 is 0 Å². The Hall–Kier alpha value is -3.10. The number of benzene rings is 2. The predicted molar refractivity (Wildman–Crippen MR) is 116 cm³/mol. The molecule has 1 heterocycles. The van der Waals surface area contributed by atoms with Gasteiger partial charge in [-0.05, 0) is 48.0 Å². The van der Waals surface area contributed by atoms with E-state index in [1.807, 2.05) is 0 Å². The lowest BCUT2D eigenvalue weighted by Crippen LogP contribution is -2.52. The van der Waals surface area contributed by atoms with Crippen LogP contribution in [0.2, 0.25) is 0 Å². The lowest BCUT2D eigenvalue weighted by molar-refractivity contribution is -0.243. The zero-order chi connectivity index (χ0) is 24.4. The number of allylic oxidation sites excluding steroid dienone is 1. The molecule has 14 heteroatoms. The number of sulfone groups is 1. The van der Waals surface area contributed by atoms with Crippen LogP contribution in [-0.4, -0.2) is 46.8 Å². The molecule has 9 nitrogen and oxygen atoms in total. The van der Waals surface area contributed by atoms with Crippen LogP contribution in [-0.2, 0) is 26.4 Å². The number of anilines is 1. The first kappa shape index (κ1) is 24.5. The molecule has 1 unspecified atom stereocenters. The molecule has 178 valence electrons. The van der Waals surface area contributed by atoms with Gasteiger partial charge in [-0.25, -0.2) is 31.9 Å². The van der Waals surface area contributed by atoms with Crippen molar-refractivity contribution >= 4 is 31.8 Å². The fraction of sp³-hybridized carbons (Fsp3) is 0.211. The van der Waals surface area contributed by atoms with Gasteiger partial charge in [-0.1, -0.05) is 12.1 Å². The normalized spacial score (nSPS) is 16.9. The Kier molecular flexibility index (Phi) is 6.72. The number of sulfonamides is 1. The van der Waals surface area contributed by atoms with Gasteiger partial charge < -0.3 is 10.6 Å². The van der Waals surface area contributed by atoms with Crippen LogP contribution in [0, 0.1) is 0 Å². The minimum absolute atomic E-state index is 0.0520. The first-order chi connectivity index (χ1) is 15.2. The molecule has 1 aliphatic heterocycles. The Bertz CT molecular complexity index is 1290. The fourth-order valence-corrected chi connectivity index (χ4v) is 4.17. The van der Waals surface area contributed by atoms with E-state index in [1.54, 1.807) is 6.07 Å². The molecule has 0 radical (unpaired) electrons. The van der Waals surface area contributed by atoms with Crippen molar-refractivity contribution in [1.82, 2.24) is 10.2 Å². The molecular weight excluding hydrogens is 483 g/mol. The first-order valence-electron chi connectivity index (χ1n) is 9.27. The van der Waals surface area contributed by atoms with Crippen LogP contribution in [0.15, 0.2) is 75.2 Å². The summed E-state index contributed by atoms with van der Waals surface area (Å²) >= 11 is 0. The van der Waals surface area contributed by atoms with Crippen LogP contribution in [0.25, 0.3) is 0 Å².